The first-order valence-electron chi connectivity index (χ1n) is 6.47. The van der Waals surface area contributed by atoms with Crippen LogP contribution in [0.1, 0.15) is 36.5 Å². The Labute approximate surface area is 115 Å². The first kappa shape index (κ1) is 16.3. The van der Waals surface area contributed by atoms with E-state index in [2.05, 4.69) is 15.6 Å². The van der Waals surface area contributed by atoms with E-state index in [9.17, 15) is 18.0 Å². The summed E-state index contributed by atoms with van der Waals surface area (Å²) in [5.41, 5.74) is 0.975. The minimum absolute atomic E-state index is 0.00607. The SMILES string of the molecule is CCCNc1cnccc1C(=O)NCCCC(F)(F)F. The second kappa shape index (κ2) is 7.72. The molecule has 1 amide bonds. The van der Waals surface area contributed by atoms with Crippen LogP contribution in [0.5, 0.6) is 0 Å². The van der Waals surface area contributed by atoms with Crippen LogP contribution >= 0.6 is 0 Å². The fraction of sp³-hybridized carbons (Fsp3) is 0.538. The predicted molar refractivity (Wildman–Crippen MR) is 70.6 cm³/mol. The highest BCUT2D eigenvalue weighted by atomic mass is 19.4. The molecule has 2 N–H and O–H groups in total. The van der Waals surface area contributed by atoms with Crippen LogP contribution in [-0.2, 0) is 0 Å². The van der Waals surface area contributed by atoms with Gasteiger partial charge in [0.25, 0.3) is 5.91 Å². The van der Waals surface area contributed by atoms with Gasteiger partial charge < -0.3 is 10.6 Å². The number of hydrogen-bond donors (Lipinski definition) is 2. The fourth-order valence-electron chi connectivity index (χ4n) is 1.58. The Kier molecular flexibility index (Phi) is 6.27. The van der Waals surface area contributed by atoms with E-state index < -0.39 is 18.5 Å². The number of hydrogen-bond acceptors (Lipinski definition) is 3. The van der Waals surface area contributed by atoms with E-state index in [0.29, 0.717) is 17.8 Å². The van der Waals surface area contributed by atoms with Gasteiger partial charge in [0, 0.05) is 25.7 Å². The Bertz CT molecular complexity index is 435. The highest BCUT2D eigenvalue weighted by Crippen LogP contribution is 2.20. The summed E-state index contributed by atoms with van der Waals surface area (Å²) in [5.74, 6) is -0.395. The van der Waals surface area contributed by atoms with Crippen molar-refractivity contribution in [1.29, 1.82) is 0 Å². The molecule has 0 saturated carbocycles. The van der Waals surface area contributed by atoms with Gasteiger partial charge in [-0.3, -0.25) is 9.78 Å². The van der Waals surface area contributed by atoms with Gasteiger partial charge in [-0.15, -0.1) is 0 Å². The van der Waals surface area contributed by atoms with Crippen LogP contribution in [0.25, 0.3) is 0 Å². The van der Waals surface area contributed by atoms with E-state index in [1.54, 1.807) is 0 Å². The van der Waals surface area contributed by atoms with E-state index >= 15 is 0 Å². The molecule has 1 heterocycles. The van der Waals surface area contributed by atoms with E-state index in [4.69, 9.17) is 0 Å². The van der Waals surface area contributed by atoms with Gasteiger partial charge in [-0.05, 0) is 18.9 Å². The molecule has 0 saturated heterocycles. The van der Waals surface area contributed by atoms with Gasteiger partial charge in [0.05, 0.1) is 17.4 Å². The smallest absolute Gasteiger partial charge is 0.383 e. The van der Waals surface area contributed by atoms with Gasteiger partial charge in [0.2, 0.25) is 0 Å². The van der Waals surface area contributed by atoms with Gasteiger partial charge in [0.1, 0.15) is 0 Å². The van der Waals surface area contributed by atoms with Crippen LogP contribution in [0.15, 0.2) is 18.5 Å². The standard InChI is InChI=1S/C13H18F3N3O/c1-2-6-18-11-9-17-8-4-10(11)12(20)19-7-3-5-13(14,15)16/h4,8-9,18H,2-3,5-7H2,1H3,(H,19,20). The van der Waals surface area contributed by atoms with Crippen molar-refractivity contribution in [3.8, 4) is 0 Å². The summed E-state index contributed by atoms with van der Waals surface area (Å²) in [6.07, 6.45) is -1.32. The van der Waals surface area contributed by atoms with Crippen molar-refractivity contribution in [2.45, 2.75) is 32.4 Å². The molecule has 0 aliphatic carbocycles. The number of anilines is 1. The molecule has 0 bridgehead atoms. The van der Waals surface area contributed by atoms with Crippen molar-refractivity contribution in [2.24, 2.45) is 0 Å². The third-order valence-electron chi connectivity index (χ3n) is 2.55. The van der Waals surface area contributed by atoms with Crippen molar-refractivity contribution < 1.29 is 18.0 Å². The maximum Gasteiger partial charge on any atom is 0.389 e. The minimum atomic E-state index is -4.19. The van der Waals surface area contributed by atoms with Crippen LogP contribution in [0.4, 0.5) is 18.9 Å². The number of carbonyl (C=O) groups excluding carboxylic acids is 1. The lowest BCUT2D eigenvalue weighted by Crippen LogP contribution is -2.26. The molecule has 112 valence electrons. The maximum atomic E-state index is 12.0. The predicted octanol–water partition coefficient (Wildman–Crippen LogP) is 2.98. The summed E-state index contributed by atoms with van der Waals surface area (Å²) in [6.45, 7) is 2.67. The molecule has 0 aromatic carbocycles. The van der Waals surface area contributed by atoms with Crippen LogP contribution in [-0.4, -0.2) is 30.2 Å². The molecule has 0 radical (unpaired) electrons. The van der Waals surface area contributed by atoms with Crippen molar-refractivity contribution in [2.75, 3.05) is 18.4 Å². The number of aromatic nitrogens is 1. The van der Waals surface area contributed by atoms with Crippen molar-refractivity contribution in [3.05, 3.63) is 24.0 Å². The second-order valence-corrected chi connectivity index (χ2v) is 4.32. The first-order valence-corrected chi connectivity index (χ1v) is 6.47. The largest absolute Gasteiger partial charge is 0.389 e. The first-order chi connectivity index (χ1) is 9.44. The zero-order chi connectivity index (χ0) is 15.0. The zero-order valence-electron chi connectivity index (χ0n) is 11.3. The van der Waals surface area contributed by atoms with Gasteiger partial charge in [-0.25, -0.2) is 0 Å². The van der Waals surface area contributed by atoms with Gasteiger partial charge in [0.15, 0.2) is 0 Å². The summed E-state index contributed by atoms with van der Waals surface area (Å²) in [6, 6.07) is 1.54. The highest BCUT2D eigenvalue weighted by Gasteiger charge is 2.26. The lowest BCUT2D eigenvalue weighted by molar-refractivity contribution is -0.135. The molecule has 0 unspecified atom stereocenters. The average Bonchev–Trinajstić information content (AvgIpc) is 2.40. The normalized spacial score (nSPS) is 11.2. The molecule has 1 aromatic rings. The summed E-state index contributed by atoms with van der Waals surface area (Å²) < 4.78 is 35.9. The van der Waals surface area contributed by atoms with Gasteiger partial charge in [-0.1, -0.05) is 6.92 Å². The van der Waals surface area contributed by atoms with Crippen LogP contribution in [0.3, 0.4) is 0 Å². The quantitative estimate of drug-likeness (QED) is 0.759. The van der Waals surface area contributed by atoms with E-state index in [-0.39, 0.29) is 13.0 Å². The summed E-state index contributed by atoms with van der Waals surface area (Å²) in [7, 11) is 0. The molecule has 20 heavy (non-hydrogen) atoms. The Hall–Kier alpha value is -1.79. The number of halogens is 3. The molecule has 7 heteroatoms. The molecule has 0 fully saturated rings. The lowest BCUT2D eigenvalue weighted by Gasteiger charge is -2.11. The van der Waals surface area contributed by atoms with Crippen molar-refractivity contribution in [1.82, 2.24) is 10.3 Å². The fourth-order valence-corrected chi connectivity index (χ4v) is 1.58. The molecule has 0 aliphatic heterocycles. The molecule has 4 nitrogen and oxygen atoms in total. The molecule has 0 aliphatic rings. The van der Waals surface area contributed by atoms with E-state index in [1.165, 1.54) is 18.5 Å². The van der Waals surface area contributed by atoms with E-state index in [1.807, 2.05) is 6.92 Å². The number of alkyl halides is 3. The van der Waals surface area contributed by atoms with Crippen LogP contribution < -0.4 is 10.6 Å². The number of nitrogens with one attached hydrogen (secondary N) is 2. The molecular formula is C13H18F3N3O. The number of carbonyl (C=O) groups is 1. The average molecular weight is 289 g/mol. The Balaban J connectivity index is 2.50. The number of nitrogens with zero attached hydrogens (tertiary/aromatic N) is 1. The Morgan fingerprint density at radius 3 is 2.75 bits per heavy atom. The second-order valence-electron chi connectivity index (χ2n) is 4.32. The molecule has 1 rings (SSSR count). The van der Waals surface area contributed by atoms with Gasteiger partial charge >= 0.3 is 6.18 Å². The lowest BCUT2D eigenvalue weighted by atomic mass is 10.2. The number of pyridine rings is 1. The molecule has 0 spiro atoms. The minimum Gasteiger partial charge on any atom is -0.383 e. The summed E-state index contributed by atoms with van der Waals surface area (Å²) in [4.78, 5) is 15.8. The zero-order valence-corrected chi connectivity index (χ0v) is 11.3. The number of amides is 1. The summed E-state index contributed by atoms with van der Waals surface area (Å²) in [5, 5.41) is 5.54. The Morgan fingerprint density at radius 2 is 2.10 bits per heavy atom. The highest BCUT2D eigenvalue weighted by molar-refractivity contribution is 5.99. The molecule has 0 atom stereocenters. The maximum absolute atomic E-state index is 12.0. The third kappa shape index (κ3) is 5.90. The third-order valence-corrected chi connectivity index (χ3v) is 2.55. The molecular weight excluding hydrogens is 271 g/mol. The van der Waals surface area contributed by atoms with Gasteiger partial charge in [-0.2, -0.15) is 13.2 Å². The topological polar surface area (TPSA) is 54.0 Å². The number of rotatable bonds is 7. The summed E-state index contributed by atoms with van der Waals surface area (Å²) >= 11 is 0. The molecule has 1 aromatic heterocycles. The van der Waals surface area contributed by atoms with Crippen molar-refractivity contribution in [3.63, 3.8) is 0 Å². The van der Waals surface area contributed by atoms with E-state index in [0.717, 1.165) is 6.42 Å². The Morgan fingerprint density at radius 1 is 1.35 bits per heavy atom. The van der Waals surface area contributed by atoms with Crippen molar-refractivity contribution >= 4 is 11.6 Å². The monoisotopic (exact) mass is 289 g/mol. The van der Waals surface area contributed by atoms with Crippen LogP contribution in [0, 0.1) is 0 Å². The van der Waals surface area contributed by atoms with Crippen LogP contribution in [0.2, 0.25) is 0 Å².